The zero-order chi connectivity index (χ0) is 13.7. The maximum atomic E-state index is 11.7. The van der Waals surface area contributed by atoms with E-state index in [9.17, 15) is 4.79 Å². The van der Waals surface area contributed by atoms with Gasteiger partial charge in [-0.05, 0) is 25.2 Å². The second kappa shape index (κ2) is 7.00. The van der Waals surface area contributed by atoms with Crippen molar-refractivity contribution in [3.8, 4) is 0 Å². The second-order valence-electron chi connectivity index (χ2n) is 3.87. The van der Waals surface area contributed by atoms with Crippen LogP contribution in [0.5, 0.6) is 0 Å². The molecule has 98 valence electrons. The van der Waals surface area contributed by atoms with E-state index >= 15 is 0 Å². The molecule has 0 atom stereocenters. The minimum atomic E-state index is -0.159. The first kappa shape index (κ1) is 15.3. The van der Waals surface area contributed by atoms with Crippen LogP contribution >= 0.6 is 34.8 Å². The van der Waals surface area contributed by atoms with Gasteiger partial charge in [-0.2, -0.15) is 0 Å². The highest BCUT2D eigenvalue weighted by Gasteiger charge is 2.08. The summed E-state index contributed by atoms with van der Waals surface area (Å²) in [4.78, 5) is 13.5. The van der Waals surface area contributed by atoms with Crippen molar-refractivity contribution >= 4 is 46.4 Å². The number of anilines is 1. The Balaban J connectivity index is 2.54. The average molecular weight is 308 g/mol. The Morgan fingerprint density at radius 2 is 2.00 bits per heavy atom. The molecule has 0 aliphatic heterocycles. The number of hydrogen-bond acceptors (Lipinski definition) is 2. The van der Waals surface area contributed by atoms with Crippen molar-refractivity contribution in [2.75, 3.05) is 25.5 Å². The van der Waals surface area contributed by atoms with Crippen LogP contribution in [-0.2, 0) is 4.79 Å². The molecule has 0 saturated heterocycles. The molecule has 0 fully saturated rings. The van der Waals surface area contributed by atoms with Gasteiger partial charge in [-0.3, -0.25) is 9.69 Å². The summed E-state index contributed by atoms with van der Waals surface area (Å²) in [5.41, 5.74) is 0.604. The summed E-state index contributed by atoms with van der Waals surface area (Å²) in [5.74, 6) is -0.159. The lowest BCUT2D eigenvalue weighted by Gasteiger charge is -2.15. The van der Waals surface area contributed by atoms with E-state index in [0.29, 0.717) is 27.3 Å². The van der Waals surface area contributed by atoms with Crippen molar-refractivity contribution in [1.29, 1.82) is 0 Å². The van der Waals surface area contributed by atoms with Gasteiger partial charge in [-0.25, -0.2) is 0 Å². The molecule has 0 bridgehead atoms. The minimum absolute atomic E-state index is 0.159. The molecule has 1 aromatic carbocycles. The lowest BCUT2D eigenvalue weighted by Crippen LogP contribution is -2.30. The summed E-state index contributed by atoms with van der Waals surface area (Å²) in [6.07, 6.45) is 0. The number of likely N-dealkylation sites (N-methyl/N-ethyl adjacent to an activating group) is 1. The number of carbonyl (C=O) groups is 1. The fourth-order valence-corrected chi connectivity index (χ4v) is 1.87. The Morgan fingerprint density at radius 3 is 2.56 bits per heavy atom. The topological polar surface area (TPSA) is 32.3 Å². The molecule has 18 heavy (non-hydrogen) atoms. The highest BCUT2D eigenvalue weighted by atomic mass is 35.5. The number of halogens is 3. The highest BCUT2D eigenvalue weighted by Crippen LogP contribution is 2.24. The number of rotatable bonds is 5. The number of amides is 1. The van der Waals surface area contributed by atoms with Gasteiger partial charge in [0.1, 0.15) is 0 Å². The van der Waals surface area contributed by atoms with Crippen molar-refractivity contribution in [1.82, 2.24) is 4.90 Å². The van der Waals surface area contributed by atoms with E-state index in [-0.39, 0.29) is 12.5 Å². The molecule has 1 aromatic rings. The average Bonchev–Trinajstić information content (AvgIpc) is 2.21. The van der Waals surface area contributed by atoms with Gasteiger partial charge in [0, 0.05) is 17.3 Å². The molecule has 0 aliphatic carbocycles. The quantitative estimate of drug-likeness (QED) is 0.901. The van der Waals surface area contributed by atoms with Gasteiger partial charge < -0.3 is 5.32 Å². The van der Waals surface area contributed by atoms with Crippen LogP contribution in [0, 0.1) is 0 Å². The maximum absolute atomic E-state index is 11.7. The van der Waals surface area contributed by atoms with Crippen molar-refractivity contribution in [2.24, 2.45) is 0 Å². The summed E-state index contributed by atoms with van der Waals surface area (Å²) in [7, 11) is 1.78. The Bertz CT molecular complexity index is 463. The van der Waals surface area contributed by atoms with Gasteiger partial charge >= 0.3 is 0 Å². The zero-order valence-corrected chi connectivity index (χ0v) is 12.1. The van der Waals surface area contributed by atoms with Gasteiger partial charge in [-0.1, -0.05) is 41.4 Å². The minimum Gasteiger partial charge on any atom is -0.325 e. The third-order valence-electron chi connectivity index (χ3n) is 2.06. The third-order valence-corrected chi connectivity index (χ3v) is 2.92. The van der Waals surface area contributed by atoms with Crippen LogP contribution in [-0.4, -0.2) is 30.9 Å². The summed E-state index contributed by atoms with van der Waals surface area (Å²) in [5, 5.41) is 4.05. The molecule has 6 heteroatoms. The van der Waals surface area contributed by atoms with Crippen molar-refractivity contribution in [2.45, 2.75) is 0 Å². The van der Waals surface area contributed by atoms with Gasteiger partial charge in [-0.15, -0.1) is 0 Å². The summed E-state index contributed by atoms with van der Waals surface area (Å²) in [6.45, 7) is 4.24. The van der Waals surface area contributed by atoms with Crippen LogP contribution in [0.15, 0.2) is 29.8 Å². The molecule has 0 saturated carbocycles. The Labute approximate surface area is 121 Å². The van der Waals surface area contributed by atoms with E-state index < -0.39 is 0 Å². The molecule has 0 aromatic heterocycles. The number of nitrogens with zero attached hydrogens (tertiary/aromatic N) is 1. The predicted molar refractivity (Wildman–Crippen MR) is 77.6 cm³/mol. The largest absolute Gasteiger partial charge is 0.325 e. The van der Waals surface area contributed by atoms with Gasteiger partial charge in [0.2, 0.25) is 5.91 Å². The van der Waals surface area contributed by atoms with E-state index in [1.807, 2.05) is 0 Å². The molecule has 0 heterocycles. The Morgan fingerprint density at radius 1 is 1.33 bits per heavy atom. The fourth-order valence-electron chi connectivity index (χ4n) is 1.37. The first-order valence-corrected chi connectivity index (χ1v) is 6.28. The molecule has 0 radical (unpaired) electrons. The molecular weight excluding hydrogens is 295 g/mol. The third kappa shape index (κ3) is 5.27. The number of hydrogen-bond donors (Lipinski definition) is 1. The maximum Gasteiger partial charge on any atom is 0.238 e. The highest BCUT2D eigenvalue weighted by molar-refractivity contribution is 6.42. The number of benzene rings is 1. The SMILES string of the molecule is C=C(Cl)CN(C)CC(=O)Nc1ccc(Cl)c(Cl)c1. The monoisotopic (exact) mass is 306 g/mol. The summed E-state index contributed by atoms with van der Waals surface area (Å²) in [6, 6.07) is 4.92. The molecule has 1 amide bonds. The second-order valence-corrected chi connectivity index (χ2v) is 5.22. The Kier molecular flexibility index (Phi) is 5.96. The number of carbonyl (C=O) groups excluding carboxylic acids is 1. The molecule has 0 aliphatic rings. The molecule has 1 rings (SSSR count). The van der Waals surface area contributed by atoms with Crippen LogP contribution < -0.4 is 5.32 Å². The van der Waals surface area contributed by atoms with Crippen molar-refractivity contribution in [3.63, 3.8) is 0 Å². The molecule has 0 unspecified atom stereocenters. The van der Waals surface area contributed by atoms with Crippen molar-refractivity contribution in [3.05, 3.63) is 39.9 Å². The standard InChI is InChI=1S/C12H13Cl3N2O/c1-8(13)6-17(2)7-12(18)16-9-3-4-10(14)11(15)5-9/h3-5H,1,6-7H2,2H3,(H,16,18). The first-order chi connectivity index (χ1) is 8.38. The van der Waals surface area contributed by atoms with E-state index in [2.05, 4.69) is 11.9 Å². The smallest absolute Gasteiger partial charge is 0.238 e. The van der Waals surface area contributed by atoms with Crippen LogP contribution in [0.25, 0.3) is 0 Å². The van der Waals surface area contributed by atoms with E-state index in [0.717, 1.165) is 0 Å². The van der Waals surface area contributed by atoms with Gasteiger partial charge in [0.25, 0.3) is 0 Å². The lowest BCUT2D eigenvalue weighted by atomic mass is 10.3. The summed E-state index contributed by atoms with van der Waals surface area (Å²) < 4.78 is 0. The van der Waals surface area contributed by atoms with E-state index in [4.69, 9.17) is 34.8 Å². The Hall–Kier alpha value is -0.740. The van der Waals surface area contributed by atoms with E-state index in [1.54, 1.807) is 30.1 Å². The lowest BCUT2D eigenvalue weighted by molar-refractivity contribution is -0.116. The number of nitrogens with one attached hydrogen (secondary N) is 1. The van der Waals surface area contributed by atoms with Crippen LogP contribution in [0.3, 0.4) is 0 Å². The van der Waals surface area contributed by atoms with Gasteiger partial charge in [0.05, 0.1) is 16.6 Å². The van der Waals surface area contributed by atoms with Gasteiger partial charge in [0.15, 0.2) is 0 Å². The molecular formula is C12H13Cl3N2O. The normalized spacial score (nSPS) is 10.5. The first-order valence-electron chi connectivity index (χ1n) is 5.15. The predicted octanol–water partition coefficient (Wildman–Crippen LogP) is 3.62. The molecule has 3 nitrogen and oxygen atoms in total. The zero-order valence-electron chi connectivity index (χ0n) is 9.84. The molecule has 0 spiro atoms. The molecule has 1 N–H and O–H groups in total. The summed E-state index contributed by atoms with van der Waals surface area (Å²) >= 11 is 17.3. The fraction of sp³-hybridized carbons (Fsp3) is 0.250. The van der Waals surface area contributed by atoms with Crippen LogP contribution in [0.4, 0.5) is 5.69 Å². The van der Waals surface area contributed by atoms with Crippen molar-refractivity contribution < 1.29 is 4.79 Å². The van der Waals surface area contributed by atoms with Crippen LogP contribution in [0.1, 0.15) is 0 Å². The van der Waals surface area contributed by atoms with Crippen LogP contribution in [0.2, 0.25) is 10.0 Å². The van der Waals surface area contributed by atoms with E-state index in [1.165, 1.54) is 0 Å².